The SMILES string of the molecule is O=C1COc2c(Cl)cc([N+](=O)[O-])cc2N1. The minimum Gasteiger partial charge on any atom is -0.480 e. The van der Waals surface area contributed by atoms with Gasteiger partial charge in [0.2, 0.25) is 0 Å². The van der Waals surface area contributed by atoms with Gasteiger partial charge in [0.15, 0.2) is 12.4 Å². The highest BCUT2D eigenvalue weighted by atomic mass is 35.5. The maximum Gasteiger partial charge on any atom is 0.273 e. The van der Waals surface area contributed by atoms with Crippen molar-refractivity contribution in [2.75, 3.05) is 11.9 Å². The zero-order chi connectivity index (χ0) is 11.0. The molecule has 1 amide bonds. The van der Waals surface area contributed by atoms with Crippen molar-refractivity contribution in [3.63, 3.8) is 0 Å². The fourth-order valence-corrected chi connectivity index (χ4v) is 1.52. The molecule has 0 bridgehead atoms. The maximum absolute atomic E-state index is 11.0. The van der Waals surface area contributed by atoms with Crippen LogP contribution in [-0.2, 0) is 4.79 Å². The monoisotopic (exact) mass is 228 g/mol. The van der Waals surface area contributed by atoms with Crippen LogP contribution in [0, 0.1) is 10.1 Å². The maximum atomic E-state index is 11.0. The summed E-state index contributed by atoms with van der Waals surface area (Å²) in [4.78, 5) is 20.9. The van der Waals surface area contributed by atoms with Crippen LogP contribution < -0.4 is 10.1 Å². The normalized spacial score (nSPS) is 13.8. The lowest BCUT2D eigenvalue weighted by atomic mass is 10.2. The Morgan fingerprint density at radius 1 is 1.53 bits per heavy atom. The second kappa shape index (κ2) is 3.39. The molecular weight excluding hydrogens is 224 g/mol. The van der Waals surface area contributed by atoms with E-state index in [1.165, 1.54) is 12.1 Å². The molecule has 0 atom stereocenters. The Morgan fingerprint density at radius 3 is 2.93 bits per heavy atom. The molecular formula is C8H5ClN2O4. The summed E-state index contributed by atoms with van der Waals surface area (Å²) in [7, 11) is 0. The van der Waals surface area contributed by atoms with E-state index >= 15 is 0 Å². The standard InChI is InChI=1S/C8H5ClN2O4/c9-5-1-4(11(13)14)2-6-8(5)15-3-7(12)10-6/h1-2H,3H2,(H,10,12). The summed E-state index contributed by atoms with van der Waals surface area (Å²) in [5.74, 6) is -0.0964. The lowest BCUT2D eigenvalue weighted by Crippen LogP contribution is -2.25. The summed E-state index contributed by atoms with van der Waals surface area (Å²) in [5, 5.41) is 13.1. The third kappa shape index (κ3) is 1.71. The third-order valence-electron chi connectivity index (χ3n) is 1.86. The number of hydrogen-bond acceptors (Lipinski definition) is 4. The minimum atomic E-state index is -0.590. The van der Waals surface area contributed by atoms with Crippen LogP contribution in [0.15, 0.2) is 12.1 Å². The van der Waals surface area contributed by atoms with E-state index in [1.807, 2.05) is 0 Å². The van der Waals surface area contributed by atoms with Crippen molar-refractivity contribution in [1.29, 1.82) is 0 Å². The molecule has 1 aliphatic rings. The Labute approximate surface area is 88.9 Å². The van der Waals surface area contributed by atoms with E-state index in [2.05, 4.69) is 5.32 Å². The van der Waals surface area contributed by atoms with Crippen molar-refractivity contribution in [2.24, 2.45) is 0 Å². The van der Waals surface area contributed by atoms with Gasteiger partial charge in [-0.2, -0.15) is 0 Å². The second-order valence-corrected chi connectivity index (χ2v) is 3.31. The molecule has 0 aliphatic carbocycles. The van der Waals surface area contributed by atoms with Gasteiger partial charge in [-0.05, 0) is 0 Å². The minimum absolute atomic E-state index is 0.110. The molecule has 0 unspecified atom stereocenters. The molecule has 0 saturated heterocycles. The number of fused-ring (bicyclic) bond motifs is 1. The van der Waals surface area contributed by atoms with Crippen molar-refractivity contribution < 1.29 is 14.5 Å². The van der Waals surface area contributed by atoms with Crippen LogP contribution in [-0.4, -0.2) is 17.4 Å². The first kappa shape index (κ1) is 9.72. The molecule has 0 aromatic heterocycles. The summed E-state index contributed by atoms with van der Waals surface area (Å²) in [6, 6.07) is 2.39. The molecule has 1 aromatic rings. The number of nitrogens with one attached hydrogen (secondary N) is 1. The van der Waals surface area contributed by atoms with Crippen molar-refractivity contribution in [3.8, 4) is 5.75 Å². The van der Waals surface area contributed by atoms with Gasteiger partial charge in [-0.3, -0.25) is 14.9 Å². The Kier molecular flexibility index (Phi) is 2.20. The lowest BCUT2D eigenvalue weighted by molar-refractivity contribution is -0.384. The zero-order valence-electron chi connectivity index (χ0n) is 7.32. The fraction of sp³-hybridized carbons (Fsp3) is 0.125. The Balaban J connectivity index is 2.53. The molecule has 0 fully saturated rings. The van der Waals surface area contributed by atoms with Crippen LogP contribution in [0.25, 0.3) is 0 Å². The number of hydrogen-bond donors (Lipinski definition) is 1. The highest BCUT2D eigenvalue weighted by Crippen LogP contribution is 2.38. The summed E-state index contributed by atoms with van der Waals surface area (Å²) < 4.78 is 5.03. The summed E-state index contributed by atoms with van der Waals surface area (Å²) in [5.41, 5.74) is 0.0370. The van der Waals surface area contributed by atoms with Gasteiger partial charge in [0.1, 0.15) is 0 Å². The summed E-state index contributed by atoms with van der Waals surface area (Å²) in [6.45, 7) is -0.134. The quantitative estimate of drug-likeness (QED) is 0.584. The molecule has 1 N–H and O–H groups in total. The van der Waals surface area contributed by atoms with Gasteiger partial charge in [-0.15, -0.1) is 0 Å². The van der Waals surface area contributed by atoms with Crippen LogP contribution in [0.3, 0.4) is 0 Å². The van der Waals surface area contributed by atoms with E-state index < -0.39 is 4.92 Å². The summed E-state index contributed by atoms with van der Waals surface area (Å²) in [6.07, 6.45) is 0. The largest absolute Gasteiger partial charge is 0.480 e. The number of anilines is 1. The molecule has 1 heterocycles. The first-order valence-corrected chi connectivity index (χ1v) is 4.36. The number of nitro groups is 1. The van der Waals surface area contributed by atoms with Crippen molar-refractivity contribution >= 4 is 28.9 Å². The first-order valence-electron chi connectivity index (χ1n) is 3.98. The predicted molar refractivity (Wildman–Crippen MR) is 52.2 cm³/mol. The molecule has 0 radical (unpaired) electrons. The Morgan fingerprint density at radius 2 is 2.27 bits per heavy atom. The number of ether oxygens (including phenoxy) is 1. The highest BCUT2D eigenvalue weighted by molar-refractivity contribution is 6.33. The third-order valence-corrected chi connectivity index (χ3v) is 2.14. The van der Waals surface area contributed by atoms with E-state index in [1.54, 1.807) is 0 Å². The van der Waals surface area contributed by atoms with Crippen LogP contribution in [0.1, 0.15) is 0 Å². The average molecular weight is 229 g/mol. The van der Waals surface area contributed by atoms with Crippen molar-refractivity contribution in [2.45, 2.75) is 0 Å². The van der Waals surface area contributed by atoms with Crippen molar-refractivity contribution in [1.82, 2.24) is 0 Å². The number of carbonyl (C=O) groups is 1. The molecule has 1 aliphatic heterocycles. The van der Waals surface area contributed by atoms with Gasteiger partial charge >= 0.3 is 0 Å². The van der Waals surface area contributed by atoms with Gasteiger partial charge < -0.3 is 10.1 Å². The van der Waals surface area contributed by atoms with E-state index in [-0.39, 0.29) is 34.7 Å². The second-order valence-electron chi connectivity index (χ2n) is 2.90. The topological polar surface area (TPSA) is 81.5 Å². The Hall–Kier alpha value is -1.82. The number of amides is 1. The lowest BCUT2D eigenvalue weighted by Gasteiger charge is -2.18. The van der Waals surface area contributed by atoms with Gasteiger partial charge in [0.25, 0.3) is 11.6 Å². The van der Waals surface area contributed by atoms with E-state index in [9.17, 15) is 14.9 Å². The van der Waals surface area contributed by atoms with E-state index in [0.717, 1.165) is 0 Å². The molecule has 78 valence electrons. The number of carbonyl (C=O) groups excluding carboxylic acids is 1. The molecule has 15 heavy (non-hydrogen) atoms. The van der Waals surface area contributed by atoms with Gasteiger partial charge in [0, 0.05) is 12.1 Å². The van der Waals surface area contributed by atoms with Gasteiger partial charge in [-0.25, -0.2) is 0 Å². The van der Waals surface area contributed by atoms with Crippen molar-refractivity contribution in [3.05, 3.63) is 27.3 Å². The van der Waals surface area contributed by atoms with E-state index in [4.69, 9.17) is 16.3 Å². The number of nitrogens with zero attached hydrogens (tertiary/aromatic N) is 1. The van der Waals surface area contributed by atoms with Gasteiger partial charge in [-0.1, -0.05) is 11.6 Å². The molecule has 0 saturated carbocycles. The number of benzene rings is 1. The molecule has 6 nitrogen and oxygen atoms in total. The molecule has 2 rings (SSSR count). The number of non-ortho nitro benzene ring substituents is 1. The smallest absolute Gasteiger partial charge is 0.273 e. The van der Waals surface area contributed by atoms with Crippen LogP contribution >= 0.6 is 11.6 Å². The van der Waals surface area contributed by atoms with Crippen LogP contribution in [0.2, 0.25) is 5.02 Å². The van der Waals surface area contributed by atoms with Crippen LogP contribution in [0.4, 0.5) is 11.4 Å². The number of halogens is 1. The fourth-order valence-electron chi connectivity index (χ4n) is 1.25. The number of rotatable bonds is 1. The number of nitro benzene ring substituents is 1. The molecule has 7 heteroatoms. The predicted octanol–water partition coefficient (Wildman–Crippen LogP) is 1.58. The molecule has 0 spiro atoms. The Bertz CT molecular complexity index is 460. The average Bonchev–Trinajstić information content (AvgIpc) is 2.16. The molecule has 1 aromatic carbocycles. The zero-order valence-corrected chi connectivity index (χ0v) is 8.08. The highest BCUT2D eigenvalue weighted by Gasteiger charge is 2.22. The summed E-state index contributed by atoms with van der Waals surface area (Å²) >= 11 is 5.76. The van der Waals surface area contributed by atoms with Gasteiger partial charge in [0.05, 0.1) is 15.6 Å². The first-order chi connectivity index (χ1) is 7.08. The van der Waals surface area contributed by atoms with Crippen LogP contribution in [0.5, 0.6) is 5.75 Å². The van der Waals surface area contributed by atoms with E-state index in [0.29, 0.717) is 0 Å².